The molecule has 0 amide bonds. The number of benzene rings is 1. The SMILES string of the molecule is Nc1cccc(CSc2ccccn2)c1. The van der Waals surface area contributed by atoms with Gasteiger partial charge < -0.3 is 5.73 Å². The van der Waals surface area contributed by atoms with Crippen LogP contribution in [0.5, 0.6) is 0 Å². The Morgan fingerprint density at radius 2 is 2.07 bits per heavy atom. The molecule has 1 aromatic carbocycles. The Morgan fingerprint density at radius 1 is 1.13 bits per heavy atom. The second kappa shape index (κ2) is 4.84. The summed E-state index contributed by atoms with van der Waals surface area (Å²) < 4.78 is 0. The van der Waals surface area contributed by atoms with E-state index >= 15 is 0 Å². The standard InChI is InChI=1S/C12H12N2S/c13-11-5-3-4-10(8-11)9-15-12-6-1-2-7-14-12/h1-8H,9,13H2. The number of nitrogen functional groups attached to an aromatic ring is 1. The van der Waals surface area contributed by atoms with Gasteiger partial charge in [0.25, 0.3) is 0 Å². The smallest absolute Gasteiger partial charge is 0.0963 e. The predicted octanol–water partition coefficient (Wildman–Crippen LogP) is 2.96. The first kappa shape index (κ1) is 10.1. The van der Waals surface area contributed by atoms with Crippen molar-refractivity contribution in [1.82, 2.24) is 4.98 Å². The van der Waals surface area contributed by atoms with Gasteiger partial charge in [0, 0.05) is 17.6 Å². The highest BCUT2D eigenvalue weighted by atomic mass is 32.2. The molecule has 0 unspecified atom stereocenters. The summed E-state index contributed by atoms with van der Waals surface area (Å²) in [6.45, 7) is 0. The first-order valence-electron chi connectivity index (χ1n) is 4.73. The third-order valence-electron chi connectivity index (χ3n) is 1.98. The van der Waals surface area contributed by atoms with E-state index in [-0.39, 0.29) is 0 Å². The molecule has 0 bridgehead atoms. The monoisotopic (exact) mass is 216 g/mol. The topological polar surface area (TPSA) is 38.9 Å². The summed E-state index contributed by atoms with van der Waals surface area (Å²) >= 11 is 1.72. The van der Waals surface area contributed by atoms with Gasteiger partial charge in [0.05, 0.1) is 5.03 Å². The third-order valence-corrected chi connectivity index (χ3v) is 2.99. The zero-order valence-corrected chi connectivity index (χ0v) is 9.08. The van der Waals surface area contributed by atoms with Crippen LogP contribution in [0.3, 0.4) is 0 Å². The number of nitrogens with two attached hydrogens (primary N) is 1. The molecule has 0 saturated carbocycles. The van der Waals surface area contributed by atoms with Crippen LogP contribution in [0.1, 0.15) is 5.56 Å². The van der Waals surface area contributed by atoms with Crippen LogP contribution in [-0.2, 0) is 5.75 Å². The van der Waals surface area contributed by atoms with E-state index in [2.05, 4.69) is 11.1 Å². The van der Waals surface area contributed by atoms with Gasteiger partial charge in [-0.15, -0.1) is 11.8 Å². The van der Waals surface area contributed by atoms with Crippen molar-refractivity contribution in [3.05, 3.63) is 54.2 Å². The molecule has 2 N–H and O–H groups in total. The van der Waals surface area contributed by atoms with Gasteiger partial charge in [0.2, 0.25) is 0 Å². The van der Waals surface area contributed by atoms with Crippen LogP contribution in [0.25, 0.3) is 0 Å². The van der Waals surface area contributed by atoms with Crippen molar-refractivity contribution < 1.29 is 0 Å². The van der Waals surface area contributed by atoms with Gasteiger partial charge in [-0.2, -0.15) is 0 Å². The number of pyridine rings is 1. The number of nitrogens with zero attached hydrogens (tertiary/aromatic N) is 1. The summed E-state index contributed by atoms with van der Waals surface area (Å²) in [6.07, 6.45) is 1.81. The van der Waals surface area contributed by atoms with E-state index in [1.54, 1.807) is 11.8 Å². The molecule has 0 fully saturated rings. The molecule has 15 heavy (non-hydrogen) atoms. The van der Waals surface area contributed by atoms with Crippen molar-refractivity contribution in [2.24, 2.45) is 0 Å². The highest BCUT2D eigenvalue weighted by Gasteiger charge is 1.96. The zero-order valence-electron chi connectivity index (χ0n) is 8.26. The third kappa shape index (κ3) is 2.99. The van der Waals surface area contributed by atoms with Gasteiger partial charge in [0.1, 0.15) is 0 Å². The van der Waals surface area contributed by atoms with E-state index in [0.29, 0.717) is 0 Å². The Balaban J connectivity index is 1.99. The number of hydrogen-bond donors (Lipinski definition) is 1. The number of thioether (sulfide) groups is 1. The highest BCUT2D eigenvalue weighted by molar-refractivity contribution is 7.98. The van der Waals surface area contributed by atoms with Crippen LogP contribution in [0, 0.1) is 0 Å². The molecular formula is C12H12N2S. The second-order valence-electron chi connectivity index (χ2n) is 3.20. The summed E-state index contributed by atoms with van der Waals surface area (Å²) in [7, 11) is 0. The molecule has 1 aromatic heterocycles. The largest absolute Gasteiger partial charge is 0.399 e. The van der Waals surface area contributed by atoms with Crippen LogP contribution in [-0.4, -0.2) is 4.98 Å². The maximum absolute atomic E-state index is 5.70. The van der Waals surface area contributed by atoms with Crippen molar-refractivity contribution in [3.8, 4) is 0 Å². The summed E-state index contributed by atoms with van der Waals surface area (Å²) in [5.41, 5.74) is 7.74. The maximum atomic E-state index is 5.70. The first-order chi connectivity index (χ1) is 7.34. The Labute approximate surface area is 93.5 Å². The molecule has 3 heteroatoms. The van der Waals surface area contributed by atoms with Crippen LogP contribution in [0.2, 0.25) is 0 Å². The number of hydrogen-bond acceptors (Lipinski definition) is 3. The molecule has 0 spiro atoms. The average molecular weight is 216 g/mol. The van der Waals surface area contributed by atoms with Crippen molar-refractivity contribution in [3.63, 3.8) is 0 Å². The number of anilines is 1. The van der Waals surface area contributed by atoms with E-state index in [9.17, 15) is 0 Å². The molecule has 0 aliphatic heterocycles. The minimum absolute atomic E-state index is 0.814. The summed E-state index contributed by atoms with van der Waals surface area (Å²) in [5.74, 6) is 0.905. The van der Waals surface area contributed by atoms with Crippen LogP contribution in [0.15, 0.2) is 53.7 Å². The number of rotatable bonds is 3. The normalized spacial score (nSPS) is 10.1. The van der Waals surface area contributed by atoms with Crippen molar-refractivity contribution in [2.45, 2.75) is 10.8 Å². The highest BCUT2D eigenvalue weighted by Crippen LogP contribution is 2.20. The van der Waals surface area contributed by atoms with Crippen molar-refractivity contribution >= 4 is 17.4 Å². The predicted molar refractivity (Wildman–Crippen MR) is 64.7 cm³/mol. The van der Waals surface area contributed by atoms with Crippen LogP contribution in [0.4, 0.5) is 5.69 Å². The maximum Gasteiger partial charge on any atom is 0.0963 e. The lowest BCUT2D eigenvalue weighted by molar-refractivity contribution is 1.13. The minimum atomic E-state index is 0.814. The fourth-order valence-corrected chi connectivity index (χ4v) is 2.08. The van der Waals surface area contributed by atoms with Gasteiger partial charge >= 0.3 is 0 Å². The molecule has 2 aromatic rings. The van der Waals surface area contributed by atoms with E-state index in [1.807, 2.05) is 42.6 Å². The van der Waals surface area contributed by atoms with E-state index < -0.39 is 0 Å². The molecule has 0 saturated heterocycles. The fraction of sp³-hybridized carbons (Fsp3) is 0.0833. The fourth-order valence-electron chi connectivity index (χ4n) is 1.27. The van der Waals surface area contributed by atoms with Crippen molar-refractivity contribution in [1.29, 1.82) is 0 Å². The molecule has 2 rings (SSSR count). The molecular weight excluding hydrogens is 204 g/mol. The Bertz CT molecular complexity index is 429. The molecule has 0 atom stereocenters. The van der Waals surface area contributed by atoms with E-state index in [1.165, 1.54) is 5.56 Å². The minimum Gasteiger partial charge on any atom is -0.399 e. The molecule has 1 heterocycles. The van der Waals surface area contributed by atoms with Gasteiger partial charge in [-0.1, -0.05) is 18.2 Å². The summed E-state index contributed by atoms with van der Waals surface area (Å²) in [6, 6.07) is 13.9. The van der Waals surface area contributed by atoms with Gasteiger partial charge in [-0.3, -0.25) is 0 Å². The lowest BCUT2D eigenvalue weighted by Gasteiger charge is -2.01. The molecule has 2 nitrogen and oxygen atoms in total. The Morgan fingerprint density at radius 3 is 2.80 bits per heavy atom. The molecule has 0 aliphatic rings. The Kier molecular flexibility index (Phi) is 3.25. The number of aromatic nitrogens is 1. The van der Waals surface area contributed by atoms with E-state index in [4.69, 9.17) is 5.73 Å². The average Bonchev–Trinajstić information content (AvgIpc) is 2.28. The summed E-state index contributed by atoms with van der Waals surface area (Å²) in [5, 5.41) is 1.04. The lowest BCUT2D eigenvalue weighted by atomic mass is 10.2. The quantitative estimate of drug-likeness (QED) is 0.633. The molecule has 0 radical (unpaired) electrons. The zero-order chi connectivity index (χ0) is 10.5. The molecule has 0 aliphatic carbocycles. The van der Waals surface area contributed by atoms with E-state index in [0.717, 1.165) is 16.5 Å². The van der Waals surface area contributed by atoms with Gasteiger partial charge in [0.15, 0.2) is 0 Å². The van der Waals surface area contributed by atoms with Crippen LogP contribution < -0.4 is 5.73 Å². The second-order valence-corrected chi connectivity index (χ2v) is 4.20. The van der Waals surface area contributed by atoms with Gasteiger partial charge in [-0.25, -0.2) is 4.98 Å². The summed E-state index contributed by atoms with van der Waals surface area (Å²) in [4.78, 5) is 4.25. The first-order valence-corrected chi connectivity index (χ1v) is 5.71. The van der Waals surface area contributed by atoms with Crippen molar-refractivity contribution in [2.75, 3.05) is 5.73 Å². The van der Waals surface area contributed by atoms with Crippen LogP contribution >= 0.6 is 11.8 Å². The molecule has 76 valence electrons. The Hall–Kier alpha value is -1.48. The lowest BCUT2D eigenvalue weighted by Crippen LogP contribution is -1.87. The van der Waals surface area contributed by atoms with Gasteiger partial charge in [-0.05, 0) is 29.8 Å².